The predicted molar refractivity (Wildman–Crippen MR) is 119 cm³/mol. The number of benzene rings is 2. The fourth-order valence-electron chi connectivity index (χ4n) is 3.27. The molecule has 1 amide bonds. The van der Waals surface area contributed by atoms with Crippen LogP contribution in [0.5, 0.6) is 0 Å². The van der Waals surface area contributed by atoms with Crippen LogP contribution in [0.3, 0.4) is 0 Å². The van der Waals surface area contributed by atoms with E-state index < -0.39 is 5.54 Å². The van der Waals surface area contributed by atoms with Gasteiger partial charge >= 0.3 is 0 Å². The highest BCUT2D eigenvalue weighted by atomic mass is 32.1. The van der Waals surface area contributed by atoms with Crippen LogP contribution in [0.25, 0.3) is 22.6 Å². The van der Waals surface area contributed by atoms with Crippen molar-refractivity contribution in [3.8, 4) is 22.6 Å². The minimum atomic E-state index is -0.508. The Morgan fingerprint density at radius 3 is 2.33 bits per heavy atom. The molecule has 0 bridgehead atoms. The minimum Gasteiger partial charge on any atom is -0.440 e. The van der Waals surface area contributed by atoms with Gasteiger partial charge in [0.1, 0.15) is 10.7 Å². The molecule has 0 unspecified atom stereocenters. The molecule has 152 valence electrons. The van der Waals surface area contributed by atoms with Gasteiger partial charge in [0.25, 0.3) is 0 Å². The molecule has 0 spiro atoms. The molecule has 0 radical (unpaired) electrons. The number of aryl methyl sites for hydroxylation is 1. The Labute approximate surface area is 179 Å². The molecule has 0 saturated heterocycles. The standard InChI is InChI=1S/C24H23N3O2S/c1-24(2,23-25-15-16-30-23)27-19(28)13-14-20-26-21(17-9-5-3-6-10-17)22(29-20)18-11-7-4-8-12-18/h3-12,15-16H,13-14H2,1-2H3,(H,27,28). The molecular formula is C24H23N3O2S. The maximum atomic E-state index is 12.6. The second-order valence-electron chi connectivity index (χ2n) is 7.53. The van der Waals surface area contributed by atoms with Crippen molar-refractivity contribution >= 4 is 17.2 Å². The summed E-state index contributed by atoms with van der Waals surface area (Å²) in [7, 11) is 0. The van der Waals surface area contributed by atoms with Crippen LogP contribution in [-0.4, -0.2) is 15.9 Å². The first-order valence-corrected chi connectivity index (χ1v) is 10.7. The summed E-state index contributed by atoms with van der Waals surface area (Å²) in [6, 6.07) is 19.9. The lowest BCUT2D eigenvalue weighted by atomic mass is 10.1. The number of hydrogen-bond acceptors (Lipinski definition) is 5. The zero-order valence-corrected chi connectivity index (χ0v) is 17.8. The van der Waals surface area contributed by atoms with Crippen LogP contribution in [0, 0.1) is 0 Å². The van der Waals surface area contributed by atoms with Crippen LogP contribution in [-0.2, 0) is 16.8 Å². The summed E-state index contributed by atoms with van der Waals surface area (Å²) in [6.07, 6.45) is 2.46. The Hall–Kier alpha value is -3.25. The van der Waals surface area contributed by atoms with Gasteiger partial charge in [0.2, 0.25) is 5.91 Å². The summed E-state index contributed by atoms with van der Waals surface area (Å²) in [6.45, 7) is 3.91. The van der Waals surface area contributed by atoms with E-state index in [-0.39, 0.29) is 12.3 Å². The van der Waals surface area contributed by atoms with E-state index in [2.05, 4.69) is 10.3 Å². The summed E-state index contributed by atoms with van der Waals surface area (Å²) in [5.74, 6) is 1.21. The van der Waals surface area contributed by atoms with Crippen LogP contribution < -0.4 is 5.32 Å². The van der Waals surface area contributed by atoms with E-state index in [0.29, 0.717) is 12.3 Å². The molecule has 2 aromatic heterocycles. The predicted octanol–water partition coefficient (Wildman–Crippen LogP) is 5.45. The highest BCUT2D eigenvalue weighted by Gasteiger charge is 2.25. The van der Waals surface area contributed by atoms with Gasteiger partial charge in [0.05, 0.1) is 5.54 Å². The number of aromatic nitrogens is 2. The largest absolute Gasteiger partial charge is 0.440 e. The Kier molecular flexibility index (Phi) is 5.77. The number of thiazole rings is 1. The molecule has 0 aliphatic heterocycles. The van der Waals surface area contributed by atoms with Gasteiger partial charge in [0, 0.05) is 35.5 Å². The number of rotatable bonds is 7. The average molecular weight is 418 g/mol. The first kappa shape index (κ1) is 20.0. The third kappa shape index (κ3) is 4.49. The lowest BCUT2D eigenvalue weighted by Gasteiger charge is -2.23. The molecule has 4 rings (SSSR count). The SMILES string of the molecule is CC(C)(NC(=O)CCc1nc(-c2ccccc2)c(-c2ccccc2)o1)c1nccs1. The summed E-state index contributed by atoms with van der Waals surface area (Å²) in [5.41, 5.74) is 2.23. The Morgan fingerprint density at radius 1 is 1.03 bits per heavy atom. The van der Waals surface area contributed by atoms with Crippen molar-refractivity contribution in [3.05, 3.63) is 83.1 Å². The van der Waals surface area contributed by atoms with Crippen LogP contribution in [0.4, 0.5) is 0 Å². The number of hydrogen-bond donors (Lipinski definition) is 1. The van der Waals surface area contributed by atoms with Crippen molar-refractivity contribution in [1.82, 2.24) is 15.3 Å². The van der Waals surface area contributed by atoms with Gasteiger partial charge in [-0.25, -0.2) is 9.97 Å². The lowest BCUT2D eigenvalue weighted by Crippen LogP contribution is -2.41. The molecule has 2 aromatic carbocycles. The smallest absolute Gasteiger partial charge is 0.221 e. The quantitative estimate of drug-likeness (QED) is 0.434. The molecule has 0 saturated carbocycles. The van der Waals surface area contributed by atoms with Gasteiger partial charge in [0.15, 0.2) is 11.7 Å². The number of oxazole rings is 1. The number of carbonyl (C=O) groups excluding carboxylic acids is 1. The highest BCUT2D eigenvalue weighted by Crippen LogP contribution is 2.33. The van der Waals surface area contributed by atoms with Gasteiger partial charge in [-0.3, -0.25) is 4.79 Å². The molecule has 0 aliphatic rings. The molecule has 5 nitrogen and oxygen atoms in total. The lowest BCUT2D eigenvalue weighted by molar-refractivity contribution is -0.122. The topological polar surface area (TPSA) is 68.0 Å². The second-order valence-corrected chi connectivity index (χ2v) is 8.42. The molecular weight excluding hydrogens is 394 g/mol. The van der Waals surface area contributed by atoms with E-state index >= 15 is 0 Å². The van der Waals surface area contributed by atoms with Crippen LogP contribution in [0.1, 0.15) is 31.2 Å². The fourth-order valence-corrected chi connectivity index (χ4v) is 3.98. The van der Waals surface area contributed by atoms with Crippen molar-refractivity contribution in [2.24, 2.45) is 0 Å². The van der Waals surface area contributed by atoms with Crippen molar-refractivity contribution in [2.75, 3.05) is 0 Å². The molecule has 6 heteroatoms. The van der Waals surface area contributed by atoms with Crippen molar-refractivity contribution < 1.29 is 9.21 Å². The third-order valence-electron chi connectivity index (χ3n) is 4.74. The molecule has 1 N–H and O–H groups in total. The van der Waals surface area contributed by atoms with Gasteiger partial charge in [-0.05, 0) is 13.8 Å². The Morgan fingerprint density at radius 2 is 1.70 bits per heavy atom. The monoisotopic (exact) mass is 417 g/mol. The fraction of sp³-hybridized carbons (Fsp3) is 0.208. The number of carbonyl (C=O) groups is 1. The summed E-state index contributed by atoms with van der Waals surface area (Å²) in [4.78, 5) is 21.6. The number of nitrogens with one attached hydrogen (secondary N) is 1. The highest BCUT2D eigenvalue weighted by molar-refractivity contribution is 7.09. The van der Waals surface area contributed by atoms with Crippen LogP contribution >= 0.6 is 11.3 Å². The van der Waals surface area contributed by atoms with Crippen LogP contribution in [0.2, 0.25) is 0 Å². The Balaban J connectivity index is 1.52. The van der Waals surface area contributed by atoms with E-state index in [1.807, 2.05) is 79.9 Å². The van der Waals surface area contributed by atoms with E-state index in [0.717, 1.165) is 27.6 Å². The van der Waals surface area contributed by atoms with Gasteiger partial charge in [-0.1, -0.05) is 60.7 Å². The molecule has 0 fully saturated rings. The maximum Gasteiger partial charge on any atom is 0.221 e. The number of amides is 1. The first-order valence-electron chi connectivity index (χ1n) is 9.84. The van der Waals surface area contributed by atoms with Crippen LogP contribution in [0.15, 0.2) is 76.7 Å². The van der Waals surface area contributed by atoms with E-state index in [1.165, 1.54) is 11.3 Å². The number of nitrogens with zero attached hydrogens (tertiary/aromatic N) is 2. The third-order valence-corrected chi connectivity index (χ3v) is 5.84. The van der Waals surface area contributed by atoms with E-state index in [4.69, 9.17) is 9.40 Å². The normalized spacial score (nSPS) is 11.4. The van der Waals surface area contributed by atoms with Crippen molar-refractivity contribution in [1.29, 1.82) is 0 Å². The first-order chi connectivity index (χ1) is 14.5. The maximum absolute atomic E-state index is 12.6. The molecule has 0 atom stereocenters. The average Bonchev–Trinajstić information content (AvgIpc) is 3.44. The second kappa shape index (κ2) is 8.63. The van der Waals surface area contributed by atoms with Crippen molar-refractivity contribution in [3.63, 3.8) is 0 Å². The molecule has 30 heavy (non-hydrogen) atoms. The Bertz CT molecular complexity index is 1050. The zero-order valence-electron chi connectivity index (χ0n) is 17.0. The summed E-state index contributed by atoms with van der Waals surface area (Å²) in [5, 5.41) is 5.84. The van der Waals surface area contributed by atoms with E-state index in [1.54, 1.807) is 6.20 Å². The van der Waals surface area contributed by atoms with E-state index in [9.17, 15) is 4.79 Å². The van der Waals surface area contributed by atoms with Crippen molar-refractivity contribution in [2.45, 2.75) is 32.2 Å². The summed E-state index contributed by atoms with van der Waals surface area (Å²) >= 11 is 1.53. The molecule has 0 aliphatic carbocycles. The minimum absolute atomic E-state index is 0.0593. The van der Waals surface area contributed by atoms with Gasteiger partial charge < -0.3 is 9.73 Å². The zero-order chi connectivity index (χ0) is 21.0. The molecule has 2 heterocycles. The molecule has 4 aromatic rings. The van der Waals surface area contributed by atoms with Gasteiger partial charge in [-0.15, -0.1) is 11.3 Å². The van der Waals surface area contributed by atoms with Gasteiger partial charge in [-0.2, -0.15) is 0 Å². The summed E-state index contributed by atoms with van der Waals surface area (Å²) < 4.78 is 6.11.